The Morgan fingerprint density at radius 2 is 2.17 bits per heavy atom. The first-order valence-electron chi connectivity index (χ1n) is 4.46. The van der Waals surface area contributed by atoms with Gasteiger partial charge in [-0.2, -0.15) is 0 Å². The SMILES string of the molecule is O=c1ccnc(Sc2ncnc(Cl)c2[N+](=O)[O-])[nH]1. The van der Waals surface area contributed by atoms with Crippen LogP contribution in [0.3, 0.4) is 0 Å². The standard InChI is InChI=1S/C8H4ClN5O3S/c9-6-5(14(16)17)7(12-3-11-6)18-8-10-2-1-4(15)13-8/h1-3H,(H,10,13,15). The van der Waals surface area contributed by atoms with Gasteiger partial charge in [0.1, 0.15) is 6.33 Å². The smallest absolute Gasteiger partial charge is 0.301 e. The highest BCUT2D eigenvalue weighted by Gasteiger charge is 2.22. The Morgan fingerprint density at radius 1 is 1.39 bits per heavy atom. The highest BCUT2D eigenvalue weighted by molar-refractivity contribution is 7.99. The van der Waals surface area contributed by atoms with Gasteiger partial charge < -0.3 is 4.98 Å². The number of aromatic amines is 1. The summed E-state index contributed by atoms with van der Waals surface area (Å²) in [6.45, 7) is 0. The number of hydrogen-bond donors (Lipinski definition) is 1. The summed E-state index contributed by atoms with van der Waals surface area (Å²) >= 11 is 6.45. The van der Waals surface area contributed by atoms with E-state index in [0.29, 0.717) is 0 Å². The van der Waals surface area contributed by atoms with E-state index < -0.39 is 10.6 Å². The Morgan fingerprint density at radius 3 is 2.83 bits per heavy atom. The lowest BCUT2D eigenvalue weighted by atomic mass is 10.5. The van der Waals surface area contributed by atoms with Crippen LogP contribution in [0.4, 0.5) is 5.69 Å². The monoisotopic (exact) mass is 285 g/mol. The van der Waals surface area contributed by atoms with Crippen LogP contribution in [0, 0.1) is 10.1 Å². The Bertz CT molecular complexity index is 661. The van der Waals surface area contributed by atoms with Crippen molar-refractivity contribution in [1.29, 1.82) is 0 Å². The molecule has 8 nitrogen and oxygen atoms in total. The van der Waals surface area contributed by atoms with Crippen molar-refractivity contribution < 1.29 is 4.92 Å². The summed E-state index contributed by atoms with van der Waals surface area (Å²) < 4.78 is 0. The van der Waals surface area contributed by atoms with Crippen LogP contribution in [0.5, 0.6) is 0 Å². The minimum atomic E-state index is -0.689. The van der Waals surface area contributed by atoms with Crippen molar-refractivity contribution in [2.24, 2.45) is 0 Å². The summed E-state index contributed by atoms with van der Waals surface area (Å²) in [5, 5.41) is 10.8. The number of H-pyrrole nitrogens is 1. The van der Waals surface area contributed by atoms with Crippen LogP contribution in [0.15, 0.2) is 33.6 Å². The molecule has 0 atom stereocenters. The van der Waals surface area contributed by atoms with Crippen molar-refractivity contribution >= 4 is 29.1 Å². The Hall–Kier alpha value is -2.00. The van der Waals surface area contributed by atoms with E-state index in [0.717, 1.165) is 18.1 Å². The fraction of sp³-hybridized carbons (Fsp3) is 0. The Labute approximate surface area is 109 Å². The van der Waals surface area contributed by atoms with Crippen molar-refractivity contribution in [3.63, 3.8) is 0 Å². The largest absolute Gasteiger partial charge is 0.338 e. The summed E-state index contributed by atoms with van der Waals surface area (Å²) in [7, 11) is 0. The van der Waals surface area contributed by atoms with Gasteiger partial charge in [0.05, 0.1) is 4.92 Å². The molecule has 0 radical (unpaired) electrons. The van der Waals surface area contributed by atoms with Gasteiger partial charge in [0.2, 0.25) is 5.15 Å². The fourth-order valence-corrected chi connectivity index (χ4v) is 2.14. The maximum absolute atomic E-state index is 11.1. The normalized spacial score (nSPS) is 10.3. The molecule has 0 aliphatic carbocycles. The molecule has 0 fully saturated rings. The third kappa shape index (κ3) is 2.63. The van der Waals surface area contributed by atoms with Gasteiger partial charge >= 0.3 is 5.69 Å². The zero-order valence-corrected chi connectivity index (χ0v) is 10.1. The molecule has 10 heteroatoms. The number of rotatable bonds is 3. The zero-order valence-electron chi connectivity index (χ0n) is 8.53. The third-order valence-electron chi connectivity index (χ3n) is 1.77. The van der Waals surface area contributed by atoms with Gasteiger partial charge in [0.25, 0.3) is 5.56 Å². The number of nitrogens with zero attached hydrogens (tertiary/aromatic N) is 4. The lowest BCUT2D eigenvalue weighted by molar-refractivity contribution is -0.388. The first-order chi connectivity index (χ1) is 8.58. The summed E-state index contributed by atoms with van der Waals surface area (Å²) in [4.78, 5) is 34.7. The molecule has 2 aromatic heterocycles. The van der Waals surface area contributed by atoms with Crippen molar-refractivity contribution in [1.82, 2.24) is 19.9 Å². The highest BCUT2D eigenvalue weighted by Crippen LogP contribution is 2.34. The summed E-state index contributed by atoms with van der Waals surface area (Å²) in [5.74, 6) is 0. The molecule has 0 amide bonds. The summed E-state index contributed by atoms with van der Waals surface area (Å²) in [6.07, 6.45) is 2.38. The lowest BCUT2D eigenvalue weighted by Gasteiger charge is -2.01. The van der Waals surface area contributed by atoms with Crippen molar-refractivity contribution in [3.8, 4) is 0 Å². The number of aromatic nitrogens is 4. The molecule has 0 saturated heterocycles. The fourth-order valence-electron chi connectivity index (χ4n) is 1.07. The molecule has 0 bridgehead atoms. The van der Waals surface area contributed by atoms with Gasteiger partial charge in [-0.15, -0.1) is 0 Å². The van der Waals surface area contributed by atoms with Crippen LogP contribution in [-0.4, -0.2) is 24.9 Å². The number of nitrogens with one attached hydrogen (secondary N) is 1. The van der Waals surface area contributed by atoms with Crippen LogP contribution >= 0.6 is 23.4 Å². The first-order valence-corrected chi connectivity index (χ1v) is 5.65. The molecule has 18 heavy (non-hydrogen) atoms. The molecule has 2 rings (SSSR count). The second-order valence-electron chi connectivity index (χ2n) is 2.92. The molecule has 0 aromatic carbocycles. The van der Waals surface area contributed by atoms with E-state index in [1.54, 1.807) is 0 Å². The zero-order chi connectivity index (χ0) is 13.1. The molecule has 2 heterocycles. The first kappa shape index (κ1) is 12.5. The van der Waals surface area contributed by atoms with Crippen LogP contribution in [0.1, 0.15) is 0 Å². The number of hydrogen-bond acceptors (Lipinski definition) is 7. The highest BCUT2D eigenvalue weighted by atomic mass is 35.5. The maximum atomic E-state index is 11.1. The number of nitro groups is 1. The van der Waals surface area contributed by atoms with E-state index in [4.69, 9.17) is 11.6 Å². The van der Waals surface area contributed by atoms with Crippen LogP contribution in [0.25, 0.3) is 0 Å². The Balaban J connectivity index is 2.43. The molecule has 0 aliphatic heterocycles. The second kappa shape index (κ2) is 5.10. The van der Waals surface area contributed by atoms with E-state index in [9.17, 15) is 14.9 Å². The molecule has 92 valence electrons. The van der Waals surface area contributed by atoms with E-state index >= 15 is 0 Å². The predicted octanol–water partition coefficient (Wildman–Crippen LogP) is 1.27. The van der Waals surface area contributed by atoms with Crippen LogP contribution in [0.2, 0.25) is 5.15 Å². The van der Waals surface area contributed by atoms with E-state index in [-0.39, 0.29) is 20.9 Å². The quantitative estimate of drug-likeness (QED) is 0.391. The third-order valence-corrected chi connectivity index (χ3v) is 2.94. The molecule has 2 aromatic rings. The van der Waals surface area contributed by atoms with Gasteiger partial charge in [-0.3, -0.25) is 14.9 Å². The molecule has 0 spiro atoms. The lowest BCUT2D eigenvalue weighted by Crippen LogP contribution is -2.05. The average Bonchev–Trinajstić information content (AvgIpc) is 2.28. The molecule has 0 aliphatic rings. The van der Waals surface area contributed by atoms with E-state index in [1.807, 2.05) is 0 Å². The molecular weight excluding hydrogens is 282 g/mol. The summed E-state index contributed by atoms with van der Waals surface area (Å²) in [6, 6.07) is 1.23. The van der Waals surface area contributed by atoms with Crippen LogP contribution < -0.4 is 5.56 Å². The minimum Gasteiger partial charge on any atom is -0.301 e. The average molecular weight is 286 g/mol. The van der Waals surface area contributed by atoms with Crippen molar-refractivity contribution in [2.45, 2.75) is 10.2 Å². The molecule has 1 N–H and O–H groups in total. The molecular formula is C8H4ClN5O3S. The van der Waals surface area contributed by atoms with Crippen LogP contribution in [-0.2, 0) is 0 Å². The predicted molar refractivity (Wildman–Crippen MR) is 62.7 cm³/mol. The topological polar surface area (TPSA) is 115 Å². The van der Waals surface area contributed by atoms with Crippen molar-refractivity contribution in [2.75, 3.05) is 0 Å². The van der Waals surface area contributed by atoms with Gasteiger partial charge in [0, 0.05) is 12.3 Å². The maximum Gasteiger partial charge on any atom is 0.338 e. The van der Waals surface area contributed by atoms with Gasteiger partial charge in [-0.05, 0) is 11.8 Å². The van der Waals surface area contributed by atoms with Gasteiger partial charge in [-0.25, -0.2) is 15.0 Å². The molecule has 0 unspecified atom stereocenters. The minimum absolute atomic E-state index is 0.00866. The number of halogens is 1. The second-order valence-corrected chi connectivity index (χ2v) is 4.25. The van der Waals surface area contributed by atoms with Gasteiger partial charge in [0.15, 0.2) is 10.2 Å². The molecule has 0 saturated carbocycles. The van der Waals surface area contributed by atoms with Gasteiger partial charge in [-0.1, -0.05) is 11.6 Å². The summed E-state index contributed by atoms with van der Waals surface area (Å²) in [5.41, 5.74) is -0.786. The van der Waals surface area contributed by atoms with Crippen molar-refractivity contribution in [3.05, 3.63) is 44.2 Å². The van der Waals surface area contributed by atoms with E-state index in [2.05, 4.69) is 19.9 Å². The Kier molecular flexibility index (Phi) is 3.53. The van der Waals surface area contributed by atoms with E-state index in [1.165, 1.54) is 12.3 Å².